The molecule has 62 valence electrons. The first-order valence-corrected chi connectivity index (χ1v) is 4.07. The molecule has 0 saturated carbocycles. The van der Waals surface area contributed by atoms with Gasteiger partial charge in [0.1, 0.15) is 0 Å². The molecule has 2 N–H and O–H groups in total. The van der Waals surface area contributed by atoms with E-state index in [0.717, 1.165) is 17.4 Å². The fourth-order valence-corrected chi connectivity index (χ4v) is 1.08. The van der Waals surface area contributed by atoms with Crippen LogP contribution in [0.4, 0.5) is 0 Å². The Hall–Kier alpha value is 0.140. The van der Waals surface area contributed by atoms with Crippen LogP contribution < -0.4 is 5.73 Å². The van der Waals surface area contributed by atoms with E-state index in [1.807, 2.05) is 12.1 Å². The van der Waals surface area contributed by atoms with Gasteiger partial charge in [-0.1, -0.05) is 28.1 Å². The Kier molecular flexibility index (Phi) is 5.82. The minimum Gasteiger partial charge on any atom is -0.330 e. The lowest BCUT2D eigenvalue weighted by atomic mass is 10.2. The van der Waals surface area contributed by atoms with E-state index in [0.29, 0.717) is 0 Å². The lowest BCUT2D eigenvalue weighted by Gasteiger charge is -1.96. The van der Waals surface area contributed by atoms with E-state index in [9.17, 15) is 0 Å². The van der Waals surface area contributed by atoms with Gasteiger partial charge in [0, 0.05) is 4.47 Å². The molecule has 0 atom stereocenters. The Labute approximate surface area is 85.9 Å². The number of halogens is 2. The Morgan fingerprint density at radius 2 is 1.73 bits per heavy atom. The SMILES string of the molecule is Br.NCCc1ccc(Br)cc1. The molecule has 0 aliphatic heterocycles. The molecule has 0 bridgehead atoms. The molecule has 0 amide bonds. The van der Waals surface area contributed by atoms with Crippen LogP contribution in [-0.2, 0) is 6.42 Å². The highest BCUT2D eigenvalue weighted by molar-refractivity contribution is 9.10. The highest BCUT2D eigenvalue weighted by atomic mass is 79.9. The van der Waals surface area contributed by atoms with Crippen molar-refractivity contribution in [1.29, 1.82) is 0 Å². The summed E-state index contributed by atoms with van der Waals surface area (Å²) in [5.41, 5.74) is 6.68. The lowest BCUT2D eigenvalue weighted by Crippen LogP contribution is -2.01. The van der Waals surface area contributed by atoms with Gasteiger partial charge in [0.2, 0.25) is 0 Å². The Morgan fingerprint density at radius 1 is 1.18 bits per heavy atom. The number of rotatable bonds is 2. The van der Waals surface area contributed by atoms with Gasteiger partial charge < -0.3 is 5.73 Å². The molecule has 0 unspecified atom stereocenters. The summed E-state index contributed by atoms with van der Waals surface area (Å²) >= 11 is 3.37. The van der Waals surface area contributed by atoms with Gasteiger partial charge in [-0.15, -0.1) is 17.0 Å². The van der Waals surface area contributed by atoms with Crippen LogP contribution in [0.1, 0.15) is 5.56 Å². The molecule has 0 aliphatic carbocycles. The number of benzene rings is 1. The maximum Gasteiger partial charge on any atom is 0.0175 e. The third kappa shape index (κ3) is 3.89. The second-order valence-electron chi connectivity index (χ2n) is 2.17. The van der Waals surface area contributed by atoms with E-state index in [1.165, 1.54) is 5.56 Å². The van der Waals surface area contributed by atoms with Crippen LogP contribution in [0.15, 0.2) is 28.7 Å². The lowest BCUT2D eigenvalue weighted by molar-refractivity contribution is 0.968. The molecule has 0 fully saturated rings. The summed E-state index contributed by atoms with van der Waals surface area (Å²) in [5, 5.41) is 0. The van der Waals surface area contributed by atoms with Crippen LogP contribution in [0.25, 0.3) is 0 Å². The molecule has 0 radical (unpaired) electrons. The van der Waals surface area contributed by atoms with Crippen molar-refractivity contribution in [2.75, 3.05) is 6.54 Å². The van der Waals surface area contributed by atoms with Crippen molar-refractivity contribution < 1.29 is 0 Å². The highest BCUT2D eigenvalue weighted by Crippen LogP contribution is 2.10. The fraction of sp³-hybridized carbons (Fsp3) is 0.250. The van der Waals surface area contributed by atoms with Gasteiger partial charge in [-0.25, -0.2) is 0 Å². The quantitative estimate of drug-likeness (QED) is 0.885. The summed E-state index contributed by atoms with van der Waals surface area (Å²) in [4.78, 5) is 0. The number of hydrogen-bond acceptors (Lipinski definition) is 1. The number of hydrogen-bond donors (Lipinski definition) is 1. The minimum atomic E-state index is 0. The molecule has 1 aromatic rings. The van der Waals surface area contributed by atoms with Crippen LogP contribution in [0.2, 0.25) is 0 Å². The summed E-state index contributed by atoms with van der Waals surface area (Å²) < 4.78 is 1.12. The van der Waals surface area contributed by atoms with E-state index in [1.54, 1.807) is 0 Å². The Balaban J connectivity index is 0.000001000. The van der Waals surface area contributed by atoms with Crippen LogP contribution >= 0.6 is 32.9 Å². The van der Waals surface area contributed by atoms with Gasteiger partial charge >= 0.3 is 0 Å². The highest BCUT2D eigenvalue weighted by Gasteiger charge is 1.89. The molecule has 3 heteroatoms. The zero-order valence-corrected chi connectivity index (χ0v) is 9.39. The van der Waals surface area contributed by atoms with Crippen LogP contribution in [-0.4, -0.2) is 6.54 Å². The first-order chi connectivity index (χ1) is 4.83. The van der Waals surface area contributed by atoms with Crippen molar-refractivity contribution in [1.82, 2.24) is 0 Å². The van der Waals surface area contributed by atoms with E-state index < -0.39 is 0 Å². The summed E-state index contributed by atoms with van der Waals surface area (Å²) in [7, 11) is 0. The van der Waals surface area contributed by atoms with Crippen molar-refractivity contribution in [3.8, 4) is 0 Å². The maximum absolute atomic E-state index is 5.39. The molecule has 0 heterocycles. The van der Waals surface area contributed by atoms with Gasteiger partial charge in [-0.05, 0) is 30.7 Å². The average Bonchev–Trinajstić information content (AvgIpc) is 1.95. The summed E-state index contributed by atoms with van der Waals surface area (Å²) in [6.45, 7) is 0.724. The van der Waals surface area contributed by atoms with E-state index >= 15 is 0 Å². The van der Waals surface area contributed by atoms with Crippen LogP contribution in [0.5, 0.6) is 0 Å². The molecule has 1 nitrogen and oxygen atoms in total. The second kappa shape index (κ2) is 5.75. The summed E-state index contributed by atoms with van der Waals surface area (Å²) in [5.74, 6) is 0. The monoisotopic (exact) mass is 279 g/mol. The molecular formula is C8H11Br2N. The minimum absolute atomic E-state index is 0. The normalized spacial score (nSPS) is 8.91. The predicted molar refractivity (Wildman–Crippen MR) is 57.2 cm³/mol. The van der Waals surface area contributed by atoms with Crippen molar-refractivity contribution >= 4 is 32.9 Å². The van der Waals surface area contributed by atoms with Gasteiger partial charge in [-0.3, -0.25) is 0 Å². The first kappa shape index (κ1) is 11.1. The summed E-state index contributed by atoms with van der Waals surface area (Å²) in [6.07, 6.45) is 0.966. The molecule has 1 aromatic carbocycles. The third-order valence-electron chi connectivity index (χ3n) is 1.35. The van der Waals surface area contributed by atoms with Crippen LogP contribution in [0.3, 0.4) is 0 Å². The van der Waals surface area contributed by atoms with Gasteiger partial charge in [-0.2, -0.15) is 0 Å². The zero-order chi connectivity index (χ0) is 7.40. The fourth-order valence-electron chi connectivity index (χ4n) is 0.818. The van der Waals surface area contributed by atoms with Gasteiger partial charge in [0.05, 0.1) is 0 Å². The van der Waals surface area contributed by atoms with Crippen molar-refractivity contribution in [3.05, 3.63) is 34.3 Å². The molecule has 0 aromatic heterocycles. The van der Waals surface area contributed by atoms with E-state index in [4.69, 9.17) is 5.73 Å². The first-order valence-electron chi connectivity index (χ1n) is 3.27. The van der Waals surface area contributed by atoms with Gasteiger partial charge in [0.15, 0.2) is 0 Å². The molecule has 0 saturated heterocycles. The molecular weight excluding hydrogens is 270 g/mol. The molecule has 1 rings (SSSR count). The Bertz CT molecular complexity index is 196. The summed E-state index contributed by atoms with van der Waals surface area (Å²) in [6, 6.07) is 8.23. The Morgan fingerprint density at radius 3 is 2.18 bits per heavy atom. The van der Waals surface area contributed by atoms with Gasteiger partial charge in [0.25, 0.3) is 0 Å². The zero-order valence-electron chi connectivity index (χ0n) is 6.09. The smallest absolute Gasteiger partial charge is 0.0175 e. The largest absolute Gasteiger partial charge is 0.330 e. The topological polar surface area (TPSA) is 26.0 Å². The van der Waals surface area contributed by atoms with Crippen molar-refractivity contribution in [3.63, 3.8) is 0 Å². The molecule has 0 spiro atoms. The molecule has 11 heavy (non-hydrogen) atoms. The van der Waals surface area contributed by atoms with E-state index in [-0.39, 0.29) is 17.0 Å². The maximum atomic E-state index is 5.39. The third-order valence-corrected chi connectivity index (χ3v) is 1.87. The standard InChI is InChI=1S/C8H10BrN.BrH/c9-8-3-1-7(2-4-8)5-6-10;/h1-4H,5-6,10H2;1H. The van der Waals surface area contributed by atoms with Crippen molar-refractivity contribution in [2.45, 2.75) is 6.42 Å². The second-order valence-corrected chi connectivity index (χ2v) is 3.08. The number of nitrogens with two attached hydrogens (primary N) is 1. The average molecular weight is 281 g/mol. The van der Waals surface area contributed by atoms with Crippen molar-refractivity contribution in [2.24, 2.45) is 5.73 Å². The predicted octanol–water partition coefficient (Wildman–Crippen LogP) is 2.53. The molecule has 0 aliphatic rings. The van der Waals surface area contributed by atoms with E-state index in [2.05, 4.69) is 28.1 Å². The van der Waals surface area contributed by atoms with Crippen LogP contribution in [0, 0.1) is 0 Å².